The van der Waals surface area contributed by atoms with Crippen molar-refractivity contribution in [3.8, 4) is 0 Å². The minimum Gasteiger partial charge on any atom is -0.392 e. The fourth-order valence-corrected chi connectivity index (χ4v) is 1.12. The van der Waals surface area contributed by atoms with E-state index in [1.807, 2.05) is 0 Å². The Labute approximate surface area is 84.1 Å². The molecule has 0 fully saturated rings. The van der Waals surface area contributed by atoms with Crippen LogP contribution in [0.1, 0.15) is 11.1 Å². The lowest BCUT2D eigenvalue weighted by Gasteiger charge is -2.14. The summed E-state index contributed by atoms with van der Waals surface area (Å²) in [6.07, 6.45) is -5.43. The van der Waals surface area contributed by atoms with E-state index in [0.717, 1.165) is 0 Å². The van der Waals surface area contributed by atoms with Gasteiger partial charge >= 0.3 is 6.18 Å². The molecular weight excluding hydrogens is 245 g/mol. The van der Waals surface area contributed by atoms with Crippen molar-refractivity contribution in [1.82, 2.24) is 0 Å². The maximum atomic E-state index is 12.8. The molecule has 1 aromatic rings. The second-order valence-corrected chi connectivity index (χ2v) is 2.77. The van der Waals surface area contributed by atoms with Crippen LogP contribution in [0, 0.1) is 23.3 Å². The van der Waals surface area contributed by atoms with Gasteiger partial charge in [0.1, 0.15) is 5.56 Å². The molecule has 0 unspecified atom stereocenters. The number of rotatable bonds is 1. The third-order valence-electron chi connectivity index (χ3n) is 1.81. The lowest BCUT2D eigenvalue weighted by Crippen LogP contribution is -2.17. The van der Waals surface area contributed by atoms with Crippen molar-refractivity contribution >= 4 is 0 Å². The predicted molar refractivity (Wildman–Crippen MR) is 37.2 cm³/mol. The van der Waals surface area contributed by atoms with Crippen LogP contribution in [0.5, 0.6) is 0 Å². The Morgan fingerprint density at radius 1 is 0.812 bits per heavy atom. The summed E-state index contributed by atoms with van der Waals surface area (Å²) >= 11 is 0. The van der Waals surface area contributed by atoms with E-state index in [1.165, 1.54) is 0 Å². The number of alkyl halides is 3. The first kappa shape index (κ1) is 12.8. The minimum absolute atomic E-state index is 1.60. The molecule has 0 radical (unpaired) electrons. The van der Waals surface area contributed by atoms with Crippen LogP contribution in [0.25, 0.3) is 0 Å². The van der Waals surface area contributed by atoms with E-state index in [4.69, 9.17) is 5.11 Å². The summed E-state index contributed by atoms with van der Waals surface area (Å²) < 4.78 is 87.2. The summed E-state index contributed by atoms with van der Waals surface area (Å²) in [5.41, 5.74) is -4.00. The van der Waals surface area contributed by atoms with Gasteiger partial charge in [-0.05, 0) is 0 Å². The third kappa shape index (κ3) is 1.84. The Morgan fingerprint density at radius 3 is 1.62 bits per heavy atom. The summed E-state index contributed by atoms with van der Waals surface area (Å²) in [5.74, 6) is -9.79. The molecule has 16 heavy (non-hydrogen) atoms. The van der Waals surface area contributed by atoms with Crippen molar-refractivity contribution in [3.05, 3.63) is 34.4 Å². The highest BCUT2D eigenvalue weighted by atomic mass is 19.4. The first-order valence-corrected chi connectivity index (χ1v) is 3.74. The van der Waals surface area contributed by atoms with Crippen molar-refractivity contribution in [2.45, 2.75) is 12.8 Å². The average molecular weight is 248 g/mol. The Bertz CT molecular complexity index is 424. The largest absolute Gasteiger partial charge is 0.419 e. The van der Waals surface area contributed by atoms with Crippen LogP contribution < -0.4 is 0 Å². The number of aliphatic hydroxyl groups is 1. The highest BCUT2D eigenvalue weighted by molar-refractivity contribution is 5.33. The van der Waals surface area contributed by atoms with Crippen molar-refractivity contribution in [3.63, 3.8) is 0 Å². The molecule has 0 amide bonds. The molecule has 1 N–H and O–H groups in total. The lowest BCUT2D eigenvalue weighted by atomic mass is 10.1. The zero-order valence-corrected chi connectivity index (χ0v) is 7.30. The molecule has 0 aliphatic rings. The zero-order valence-electron chi connectivity index (χ0n) is 7.30. The highest BCUT2D eigenvalue weighted by Gasteiger charge is 2.41. The summed E-state index contributed by atoms with van der Waals surface area (Å²) in [4.78, 5) is 0. The van der Waals surface area contributed by atoms with Gasteiger partial charge in [-0.3, -0.25) is 0 Å². The van der Waals surface area contributed by atoms with E-state index in [2.05, 4.69) is 0 Å². The average Bonchev–Trinajstić information content (AvgIpc) is 2.18. The van der Waals surface area contributed by atoms with Crippen molar-refractivity contribution in [1.29, 1.82) is 0 Å². The second kappa shape index (κ2) is 3.93. The highest BCUT2D eigenvalue weighted by Crippen LogP contribution is 2.37. The molecule has 1 nitrogen and oxygen atoms in total. The molecule has 90 valence electrons. The molecule has 0 saturated carbocycles. The van der Waals surface area contributed by atoms with Gasteiger partial charge in [0.05, 0.1) is 6.61 Å². The SMILES string of the molecule is OCc1c(F)c(F)c(F)c(F)c1C(F)(F)F. The zero-order chi connectivity index (χ0) is 12.7. The van der Waals surface area contributed by atoms with Gasteiger partial charge in [-0.15, -0.1) is 0 Å². The van der Waals surface area contributed by atoms with Crippen molar-refractivity contribution < 1.29 is 35.8 Å². The Kier molecular flexibility index (Phi) is 3.13. The minimum atomic E-state index is -5.43. The van der Waals surface area contributed by atoms with E-state index in [0.29, 0.717) is 0 Å². The van der Waals surface area contributed by atoms with Crippen molar-refractivity contribution in [2.75, 3.05) is 0 Å². The monoisotopic (exact) mass is 248 g/mol. The van der Waals surface area contributed by atoms with Gasteiger partial charge in [0.25, 0.3) is 0 Å². The van der Waals surface area contributed by atoms with E-state index >= 15 is 0 Å². The van der Waals surface area contributed by atoms with E-state index in [1.54, 1.807) is 0 Å². The Hall–Kier alpha value is -1.31. The van der Waals surface area contributed by atoms with Crippen LogP contribution in [-0.4, -0.2) is 5.11 Å². The predicted octanol–water partition coefficient (Wildman–Crippen LogP) is 2.75. The molecule has 0 heterocycles. The van der Waals surface area contributed by atoms with E-state index in [9.17, 15) is 30.7 Å². The molecule has 0 aliphatic heterocycles. The molecule has 0 aliphatic carbocycles. The molecule has 0 aromatic heterocycles. The Balaban J connectivity index is 3.72. The molecule has 8 heteroatoms. The summed E-state index contributed by atoms with van der Waals surface area (Å²) in [5, 5.41) is 8.41. The van der Waals surface area contributed by atoms with Crippen LogP contribution in [0.2, 0.25) is 0 Å². The normalized spacial score (nSPS) is 12.0. The third-order valence-corrected chi connectivity index (χ3v) is 1.81. The van der Waals surface area contributed by atoms with Crippen LogP contribution >= 0.6 is 0 Å². The maximum absolute atomic E-state index is 12.8. The van der Waals surface area contributed by atoms with Crippen molar-refractivity contribution in [2.24, 2.45) is 0 Å². The topological polar surface area (TPSA) is 20.2 Å². The lowest BCUT2D eigenvalue weighted by molar-refractivity contribution is -0.141. The molecule has 0 spiro atoms. The number of aliphatic hydroxyl groups excluding tert-OH is 1. The fraction of sp³-hybridized carbons (Fsp3) is 0.250. The molecule has 1 rings (SSSR count). The summed E-state index contributed by atoms with van der Waals surface area (Å²) in [6, 6.07) is 0. The van der Waals surface area contributed by atoms with E-state index < -0.39 is 47.2 Å². The molecular formula is C8H3F7O. The van der Waals surface area contributed by atoms with Gasteiger partial charge in [-0.1, -0.05) is 0 Å². The summed E-state index contributed by atoms with van der Waals surface area (Å²) in [7, 11) is 0. The van der Waals surface area contributed by atoms with Crippen LogP contribution in [0.15, 0.2) is 0 Å². The number of hydrogen-bond donors (Lipinski definition) is 1. The fourth-order valence-electron chi connectivity index (χ4n) is 1.12. The van der Waals surface area contributed by atoms with Crippen LogP contribution in [-0.2, 0) is 12.8 Å². The Morgan fingerprint density at radius 2 is 1.25 bits per heavy atom. The standard InChI is InChI=1S/C8H3F7O/c9-4-2(1-16)3(8(13,14)15)5(10)7(12)6(4)11/h16H,1H2. The molecule has 0 bridgehead atoms. The van der Waals surface area contributed by atoms with E-state index in [-0.39, 0.29) is 0 Å². The van der Waals surface area contributed by atoms with Gasteiger partial charge in [0.15, 0.2) is 23.3 Å². The van der Waals surface area contributed by atoms with Gasteiger partial charge in [0.2, 0.25) is 0 Å². The quantitative estimate of drug-likeness (QED) is 0.460. The summed E-state index contributed by atoms with van der Waals surface area (Å²) in [6.45, 7) is -1.60. The molecule has 0 atom stereocenters. The maximum Gasteiger partial charge on any atom is 0.419 e. The van der Waals surface area contributed by atoms with Gasteiger partial charge in [-0.2, -0.15) is 13.2 Å². The van der Waals surface area contributed by atoms with Gasteiger partial charge < -0.3 is 5.11 Å². The molecule has 1 aromatic carbocycles. The van der Waals surface area contributed by atoms with Crippen LogP contribution in [0.4, 0.5) is 30.7 Å². The second-order valence-electron chi connectivity index (χ2n) is 2.77. The first-order chi connectivity index (χ1) is 7.21. The number of benzene rings is 1. The van der Waals surface area contributed by atoms with Crippen LogP contribution in [0.3, 0.4) is 0 Å². The van der Waals surface area contributed by atoms with Gasteiger partial charge in [0, 0.05) is 5.56 Å². The number of halogens is 7. The molecule has 0 saturated heterocycles. The number of hydrogen-bond acceptors (Lipinski definition) is 1. The smallest absolute Gasteiger partial charge is 0.392 e. The first-order valence-electron chi connectivity index (χ1n) is 3.74. The van der Waals surface area contributed by atoms with Gasteiger partial charge in [-0.25, -0.2) is 17.6 Å².